The van der Waals surface area contributed by atoms with Gasteiger partial charge in [0.25, 0.3) is 0 Å². The molecule has 24 heavy (non-hydrogen) atoms. The molecule has 1 atom stereocenters. The van der Waals surface area contributed by atoms with Crippen LogP contribution in [0, 0.1) is 13.8 Å². The van der Waals surface area contributed by atoms with Crippen molar-refractivity contribution in [1.82, 2.24) is 20.2 Å². The van der Waals surface area contributed by atoms with E-state index < -0.39 is 6.03 Å². The van der Waals surface area contributed by atoms with E-state index in [0.29, 0.717) is 6.04 Å². The number of aryl methyl sites for hydroxylation is 1. The number of amides is 3. The third-order valence-corrected chi connectivity index (χ3v) is 5.42. The molecule has 1 aromatic rings. The van der Waals surface area contributed by atoms with Gasteiger partial charge >= 0.3 is 6.03 Å². The van der Waals surface area contributed by atoms with Crippen molar-refractivity contribution in [2.24, 2.45) is 0 Å². The summed E-state index contributed by atoms with van der Waals surface area (Å²) in [6, 6.07) is 0.0227. The number of hydrogen-bond acceptors (Lipinski definition) is 4. The van der Waals surface area contributed by atoms with Crippen molar-refractivity contribution in [2.45, 2.75) is 82.8 Å². The van der Waals surface area contributed by atoms with Crippen LogP contribution in [0.1, 0.15) is 63.9 Å². The van der Waals surface area contributed by atoms with Crippen molar-refractivity contribution < 1.29 is 9.59 Å². The number of thioether (sulfide) groups is 1. The zero-order valence-corrected chi connectivity index (χ0v) is 16.0. The Bertz CT molecular complexity index is 606. The Labute approximate surface area is 148 Å². The fourth-order valence-corrected chi connectivity index (χ4v) is 4.07. The van der Waals surface area contributed by atoms with Crippen molar-refractivity contribution in [2.75, 3.05) is 0 Å². The minimum absolute atomic E-state index is 0.00711. The smallest absolute Gasteiger partial charge is 0.321 e. The Kier molecular flexibility index (Phi) is 6.32. The Morgan fingerprint density at radius 3 is 2.42 bits per heavy atom. The highest BCUT2D eigenvalue weighted by atomic mass is 32.2. The van der Waals surface area contributed by atoms with E-state index in [1.807, 2.05) is 20.8 Å². The van der Waals surface area contributed by atoms with Gasteiger partial charge in [-0.25, -0.2) is 9.78 Å². The van der Waals surface area contributed by atoms with Gasteiger partial charge in [0, 0.05) is 17.8 Å². The highest BCUT2D eigenvalue weighted by molar-refractivity contribution is 8.00. The first-order valence-electron chi connectivity index (χ1n) is 8.63. The molecule has 1 aliphatic carbocycles. The summed E-state index contributed by atoms with van der Waals surface area (Å²) >= 11 is 1.42. The number of rotatable bonds is 5. The predicted molar refractivity (Wildman–Crippen MR) is 96.3 cm³/mol. The molecule has 0 spiro atoms. The first-order valence-corrected chi connectivity index (χ1v) is 9.51. The molecule has 1 fully saturated rings. The molecule has 2 rings (SSSR count). The van der Waals surface area contributed by atoms with E-state index in [1.54, 1.807) is 6.92 Å². The van der Waals surface area contributed by atoms with E-state index in [9.17, 15) is 9.59 Å². The number of urea groups is 1. The molecule has 0 unspecified atom stereocenters. The minimum Gasteiger partial charge on any atom is -0.336 e. The van der Waals surface area contributed by atoms with Crippen LogP contribution >= 0.6 is 11.8 Å². The number of carbonyl (C=O) groups is 2. The summed E-state index contributed by atoms with van der Waals surface area (Å²) in [5, 5.41) is 5.55. The molecule has 0 saturated heterocycles. The van der Waals surface area contributed by atoms with Gasteiger partial charge in [-0.1, -0.05) is 24.6 Å². The van der Waals surface area contributed by atoms with Gasteiger partial charge in [0.05, 0.1) is 10.9 Å². The lowest BCUT2D eigenvalue weighted by Gasteiger charge is -2.18. The molecule has 1 aromatic heterocycles. The standard InChI is InChI=1S/C17H28N4O2S/c1-10(2)18-16(23)20-15(22)13(5)24-17-19-11(3)12(4)21(17)14-8-6-7-9-14/h10,13-14H,6-9H2,1-5H3,(H2,18,20,22,23)/t13-/m0/s1. The molecule has 1 heterocycles. The molecule has 0 aliphatic heterocycles. The largest absolute Gasteiger partial charge is 0.336 e. The summed E-state index contributed by atoms with van der Waals surface area (Å²) in [6.07, 6.45) is 4.83. The maximum absolute atomic E-state index is 12.2. The van der Waals surface area contributed by atoms with Crippen molar-refractivity contribution in [1.29, 1.82) is 0 Å². The average Bonchev–Trinajstić information content (AvgIpc) is 3.07. The maximum atomic E-state index is 12.2. The highest BCUT2D eigenvalue weighted by Gasteiger charge is 2.26. The van der Waals surface area contributed by atoms with Gasteiger partial charge in [-0.05, 0) is 47.5 Å². The fraction of sp³-hybridized carbons (Fsp3) is 0.706. The molecule has 1 aliphatic rings. The van der Waals surface area contributed by atoms with Crippen LogP contribution in [0.25, 0.3) is 0 Å². The Hall–Kier alpha value is -1.50. The molecular formula is C17H28N4O2S. The molecule has 2 N–H and O–H groups in total. The van der Waals surface area contributed by atoms with Crippen LogP contribution in [0.15, 0.2) is 5.16 Å². The molecule has 0 bridgehead atoms. The number of imidazole rings is 1. The van der Waals surface area contributed by atoms with Crippen LogP contribution in [0.5, 0.6) is 0 Å². The van der Waals surface area contributed by atoms with Crippen molar-refractivity contribution in [3.05, 3.63) is 11.4 Å². The fourth-order valence-electron chi connectivity index (χ4n) is 3.00. The van der Waals surface area contributed by atoms with Crippen molar-refractivity contribution >= 4 is 23.7 Å². The molecule has 1 saturated carbocycles. The minimum atomic E-state index is -0.450. The Morgan fingerprint density at radius 2 is 1.83 bits per heavy atom. The van der Waals surface area contributed by atoms with Gasteiger partial charge in [-0.3, -0.25) is 10.1 Å². The lowest BCUT2D eigenvalue weighted by molar-refractivity contribution is -0.119. The van der Waals surface area contributed by atoms with E-state index in [2.05, 4.69) is 27.1 Å². The molecule has 3 amide bonds. The first-order chi connectivity index (χ1) is 11.3. The van der Waals surface area contributed by atoms with Crippen LogP contribution in [0.4, 0.5) is 4.79 Å². The number of carbonyl (C=O) groups excluding carboxylic acids is 2. The van der Waals surface area contributed by atoms with Gasteiger partial charge in [-0.2, -0.15) is 0 Å². The SMILES string of the molecule is Cc1nc(S[C@@H](C)C(=O)NC(=O)NC(C)C)n(C2CCCC2)c1C. The van der Waals surface area contributed by atoms with Crippen LogP contribution in [0.2, 0.25) is 0 Å². The molecule has 0 aromatic carbocycles. The lowest BCUT2D eigenvalue weighted by atomic mass is 10.2. The third-order valence-electron chi connectivity index (χ3n) is 4.35. The number of hydrogen-bond donors (Lipinski definition) is 2. The van der Waals surface area contributed by atoms with Crippen molar-refractivity contribution in [3.63, 3.8) is 0 Å². The number of nitrogens with one attached hydrogen (secondary N) is 2. The second-order valence-corrected chi connectivity index (χ2v) is 8.06. The van der Waals surface area contributed by atoms with E-state index in [4.69, 9.17) is 0 Å². The first kappa shape index (κ1) is 18.8. The van der Waals surface area contributed by atoms with E-state index in [1.165, 1.54) is 43.1 Å². The summed E-state index contributed by atoms with van der Waals surface area (Å²) in [4.78, 5) is 28.6. The monoisotopic (exact) mass is 352 g/mol. The number of nitrogens with zero attached hydrogens (tertiary/aromatic N) is 2. The van der Waals surface area contributed by atoms with Crippen LogP contribution < -0.4 is 10.6 Å². The summed E-state index contributed by atoms with van der Waals surface area (Å²) in [5.74, 6) is -0.297. The van der Waals surface area contributed by atoms with Gasteiger partial charge < -0.3 is 9.88 Å². The molecule has 6 nitrogen and oxygen atoms in total. The van der Waals surface area contributed by atoms with Gasteiger partial charge in [0.2, 0.25) is 5.91 Å². The second-order valence-electron chi connectivity index (χ2n) is 6.75. The normalized spacial score (nSPS) is 16.4. The molecule has 7 heteroatoms. The summed E-state index contributed by atoms with van der Waals surface area (Å²) in [6.45, 7) is 9.61. The second kappa shape index (κ2) is 8.05. The quantitative estimate of drug-likeness (QED) is 0.797. The van der Waals surface area contributed by atoms with Crippen LogP contribution in [-0.2, 0) is 4.79 Å². The van der Waals surface area contributed by atoms with Gasteiger partial charge in [0.15, 0.2) is 5.16 Å². The molecular weight excluding hydrogens is 324 g/mol. The number of aromatic nitrogens is 2. The maximum Gasteiger partial charge on any atom is 0.321 e. The van der Waals surface area contributed by atoms with Gasteiger partial charge in [0.1, 0.15) is 0 Å². The highest BCUT2D eigenvalue weighted by Crippen LogP contribution is 2.36. The van der Waals surface area contributed by atoms with E-state index in [-0.39, 0.29) is 17.2 Å². The topological polar surface area (TPSA) is 76.0 Å². The lowest BCUT2D eigenvalue weighted by Crippen LogP contribution is -2.45. The van der Waals surface area contributed by atoms with Crippen LogP contribution in [-0.4, -0.2) is 32.8 Å². The Balaban J connectivity index is 2.06. The average molecular weight is 353 g/mol. The van der Waals surface area contributed by atoms with Crippen molar-refractivity contribution in [3.8, 4) is 0 Å². The predicted octanol–water partition coefficient (Wildman–Crippen LogP) is 3.33. The molecule has 134 valence electrons. The zero-order chi connectivity index (χ0) is 17.9. The van der Waals surface area contributed by atoms with E-state index >= 15 is 0 Å². The van der Waals surface area contributed by atoms with E-state index in [0.717, 1.165) is 10.9 Å². The zero-order valence-electron chi connectivity index (χ0n) is 15.2. The summed E-state index contributed by atoms with van der Waals surface area (Å²) in [7, 11) is 0. The third kappa shape index (κ3) is 4.53. The number of imide groups is 1. The Morgan fingerprint density at radius 1 is 1.21 bits per heavy atom. The molecule has 0 radical (unpaired) electrons. The van der Waals surface area contributed by atoms with Gasteiger partial charge in [-0.15, -0.1) is 0 Å². The summed E-state index contributed by atoms with van der Waals surface area (Å²) in [5.41, 5.74) is 2.18. The summed E-state index contributed by atoms with van der Waals surface area (Å²) < 4.78 is 2.28. The van der Waals surface area contributed by atoms with Crippen LogP contribution in [0.3, 0.4) is 0 Å².